The molecule has 1 atom stereocenters. The van der Waals surface area contributed by atoms with Gasteiger partial charge in [-0.05, 0) is 91.8 Å². The van der Waals surface area contributed by atoms with Crippen LogP contribution in [0.15, 0.2) is 42.5 Å². The molecule has 2 aliphatic rings. The summed E-state index contributed by atoms with van der Waals surface area (Å²) in [5.74, 6) is 0.359. The summed E-state index contributed by atoms with van der Waals surface area (Å²) >= 11 is 0. The summed E-state index contributed by atoms with van der Waals surface area (Å²) in [5, 5.41) is 9.63. The number of carboxylic acids is 1. The molecule has 8 nitrogen and oxygen atoms in total. The average molecular weight is 560 g/mol. The van der Waals surface area contributed by atoms with Crippen molar-refractivity contribution in [2.24, 2.45) is 0 Å². The predicted molar refractivity (Wildman–Crippen MR) is 161 cm³/mol. The molecule has 2 saturated heterocycles. The van der Waals surface area contributed by atoms with Crippen molar-refractivity contribution in [3.8, 4) is 17.0 Å². The number of carbonyl (C=O) groups is 2. The third kappa shape index (κ3) is 5.98. The zero-order chi connectivity index (χ0) is 29.1. The fourth-order valence-corrected chi connectivity index (χ4v) is 6.10. The lowest BCUT2D eigenvalue weighted by Gasteiger charge is -2.31. The first-order valence-corrected chi connectivity index (χ1v) is 14.7. The number of hydrogen-bond acceptors (Lipinski definition) is 5. The molecule has 5 rings (SSSR count). The van der Waals surface area contributed by atoms with Crippen LogP contribution in [0.4, 0.5) is 11.4 Å². The van der Waals surface area contributed by atoms with Gasteiger partial charge in [0, 0.05) is 48.7 Å². The van der Waals surface area contributed by atoms with Crippen molar-refractivity contribution >= 4 is 23.3 Å². The lowest BCUT2D eigenvalue weighted by atomic mass is 9.92. The number of benzene rings is 2. The lowest BCUT2D eigenvalue weighted by Crippen LogP contribution is -2.37. The Morgan fingerprint density at radius 3 is 2.44 bits per heavy atom. The van der Waals surface area contributed by atoms with Crippen molar-refractivity contribution in [1.82, 2.24) is 4.57 Å². The second-order valence-electron chi connectivity index (χ2n) is 11.1. The van der Waals surface area contributed by atoms with Gasteiger partial charge in [0.1, 0.15) is 18.9 Å². The van der Waals surface area contributed by atoms with Crippen molar-refractivity contribution < 1.29 is 24.2 Å². The van der Waals surface area contributed by atoms with Crippen LogP contribution in [-0.2, 0) is 27.5 Å². The van der Waals surface area contributed by atoms with Crippen molar-refractivity contribution in [2.45, 2.75) is 66.0 Å². The Morgan fingerprint density at radius 1 is 1.07 bits per heavy atom. The average Bonchev–Trinajstić information content (AvgIpc) is 3.52. The van der Waals surface area contributed by atoms with Gasteiger partial charge in [-0.3, -0.25) is 9.59 Å². The minimum atomic E-state index is -0.853. The molecule has 8 heteroatoms. The Balaban J connectivity index is 1.42. The number of carboxylic acid groups (broad SMARTS) is 1. The monoisotopic (exact) mass is 559 g/mol. The zero-order valence-electron chi connectivity index (χ0n) is 24.6. The summed E-state index contributed by atoms with van der Waals surface area (Å²) in [5.41, 5.74) is 8.37. The standard InChI is InChI=1S/C33H41N3O5/c1-5-22(2)32-23(3)24(4)36(20-31(38)39)33(32)25-8-11-28(12-9-25)41-21-26-19-27(35-14-6-7-30(35)37)10-13-29(26)34-15-17-40-18-16-34/h8-13,19,22H,5-7,14-18,20-21H2,1-4H3,(H,38,39). The van der Waals surface area contributed by atoms with Gasteiger partial charge in [0.15, 0.2) is 0 Å². The highest BCUT2D eigenvalue weighted by molar-refractivity contribution is 5.95. The molecule has 1 aromatic heterocycles. The second-order valence-corrected chi connectivity index (χ2v) is 11.1. The lowest BCUT2D eigenvalue weighted by molar-refractivity contribution is -0.137. The fraction of sp³-hybridized carbons (Fsp3) is 0.455. The minimum Gasteiger partial charge on any atom is -0.489 e. The molecule has 0 saturated carbocycles. The molecule has 218 valence electrons. The molecule has 2 aliphatic heterocycles. The van der Waals surface area contributed by atoms with Gasteiger partial charge < -0.3 is 28.9 Å². The molecule has 0 aliphatic carbocycles. The molecule has 0 spiro atoms. The molecule has 1 amide bonds. The topological polar surface area (TPSA) is 84.2 Å². The maximum atomic E-state index is 12.4. The van der Waals surface area contributed by atoms with E-state index in [2.05, 4.69) is 37.8 Å². The first-order chi connectivity index (χ1) is 19.8. The molecule has 41 heavy (non-hydrogen) atoms. The number of morpholine rings is 1. The van der Waals surface area contributed by atoms with E-state index in [-0.39, 0.29) is 12.5 Å². The van der Waals surface area contributed by atoms with E-state index in [1.165, 1.54) is 5.56 Å². The van der Waals surface area contributed by atoms with Gasteiger partial charge in [-0.15, -0.1) is 0 Å². The molecule has 2 aromatic carbocycles. The maximum Gasteiger partial charge on any atom is 0.323 e. The van der Waals surface area contributed by atoms with Crippen LogP contribution < -0.4 is 14.5 Å². The van der Waals surface area contributed by atoms with Crippen LogP contribution in [0.5, 0.6) is 5.75 Å². The summed E-state index contributed by atoms with van der Waals surface area (Å²) in [6, 6.07) is 14.2. The van der Waals surface area contributed by atoms with E-state index in [1.807, 2.05) is 46.7 Å². The first kappa shape index (κ1) is 28.7. The third-order valence-electron chi connectivity index (χ3n) is 8.60. The third-order valence-corrected chi connectivity index (χ3v) is 8.60. The quantitative estimate of drug-likeness (QED) is 0.332. The molecular weight excluding hydrogens is 518 g/mol. The molecule has 0 bridgehead atoms. The largest absolute Gasteiger partial charge is 0.489 e. The van der Waals surface area contributed by atoms with Gasteiger partial charge in [-0.1, -0.05) is 13.8 Å². The highest BCUT2D eigenvalue weighted by Gasteiger charge is 2.25. The number of anilines is 2. The normalized spacial score (nSPS) is 16.3. The molecule has 2 fully saturated rings. The number of rotatable bonds is 10. The number of nitrogens with zero attached hydrogens (tertiary/aromatic N) is 3. The van der Waals surface area contributed by atoms with Gasteiger partial charge in [0.25, 0.3) is 0 Å². The highest BCUT2D eigenvalue weighted by atomic mass is 16.5. The van der Waals surface area contributed by atoms with E-state index in [0.717, 1.165) is 77.7 Å². The summed E-state index contributed by atoms with van der Waals surface area (Å²) < 4.78 is 13.8. The number of carbonyl (C=O) groups excluding carboxylic acids is 1. The minimum absolute atomic E-state index is 0.0725. The Hall–Kier alpha value is -3.78. The second kappa shape index (κ2) is 12.4. The number of aromatic nitrogens is 1. The van der Waals surface area contributed by atoms with Gasteiger partial charge in [-0.2, -0.15) is 0 Å². The molecule has 3 aromatic rings. The van der Waals surface area contributed by atoms with Gasteiger partial charge in [-0.25, -0.2) is 0 Å². The van der Waals surface area contributed by atoms with E-state index in [9.17, 15) is 14.7 Å². The van der Waals surface area contributed by atoms with E-state index < -0.39 is 5.97 Å². The summed E-state index contributed by atoms with van der Waals surface area (Å²) in [4.78, 5) is 28.3. The van der Waals surface area contributed by atoms with E-state index >= 15 is 0 Å². The highest BCUT2D eigenvalue weighted by Crippen LogP contribution is 2.38. The summed E-state index contributed by atoms with van der Waals surface area (Å²) in [6.45, 7) is 12.5. The van der Waals surface area contributed by atoms with Crippen LogP contribution in [0, 0.1) is 13.8 Å². The van der Waals surface area contributed by atoms with Crippen LogP contribution >= 0.6 is 0 Å². The van der Waals surface area contributed by atoms with E-state index in [0.29, 0.717) is 32.2 Å². The van der Waals surface area contributed by atoms with E-state index in [1.54, 1.807) is 0 Å². The van der Waals surface area contributed by atoms with Crippen LogP contribution in [0.25, 0.3) is 11.3 Å². The molecule has 0 radical (unpaired) electrons. The molecular formula is C33H41N3O5. The Kier molecular flexibility index (Phi) is 8.68. The Labute approximate surface area is 242 Å². The molecule has 3 heterocycles. The zero-order valence-corrected chi connectivity index (χ0v) is 24.6. The predicted octanol–water partition coefficient (Wildman–Crippen LogP) is 5.91. The first-order valence-electron chi connectivity index (χ1n) is 14.7. The smallest absolute Gasteiger partial charge is 0.323 e. The van der Waals surface area contributed by atoms with Crippen LogP contribution in [-0.4, -0.2) is 54.4 Å². The number of amides is 1. The van der Waals surface area contributed by atoms with Crippen LogP contribution in [0.3, 0.4) is 0 Å². The van der Waals surface area contributed by atoms with Crippen molar-refractivity contribution in [1.29, 1.82) is 0 Å². The molecule has 1 N–H and O–H groups in total. The number of aliphatic carboxylic acids is 1. The van der Waals surface area contributed by atoms with Gasteiger partial charge >= 0.3 is 5.97 Å². The maximum absolute atomic E-state index is 12.4. The van der Waals surface area contributed by atoms with Crippen LogP contribution in [0.1, 0.15) is 61.4 Å². The number of hydrogen-bond donors (Lipinski definition) is 1. The SMILES string of the molecule is CCC(C)c1c(C)c(C)n(CC(=O)O)c1-c1ccc(OCc2cc(N3CCCC3=O)ccc2N2CCOCC2)cc1. The van der Waals surface area contributed by atoms with Crippen molar-refractivity contribution in [2.75, 3.05) is 42.6 Å². The van der Waals surface area contributed by atoms with Crippen LogP contribution in [0.2, 0.25) is 0 Å². The Morgan fingerprint density at radius 2 is 1.80 bits per heavy atom. The van der Waals surface area contributed by atoms with E-state index in [4.69, 9.17) is 9.47 Å². The summed E-state index contributed by atoms with van der Waals surface area (Å²) in [7, 11) is 0. The van der Waals surface area contributed by atoms with Crippen molar-refractivity contribution in [3.63, 3.8) is 0 Å². The Bertz CT molecular complexity index is 1410. The number of ether oxygens (including phenoxy) is 2. The molecule has 1 unspecified atom stereocenters. The fourth-order valence-electron chi connectivity index (χ4n) is 6.10. The van der Waals surface area contributed by atoms with Gasteiger partial charge in [0.05, 0.1) is 18.9 Å². The summed E-state index contributed by atoms with van der Waals surface area (Å²) in [6.07, 6.45) is 2.45. The van der Waals surface area contributed by atoms with Gasteiger partial charge in [0.2, 0.25) is 5.91 Å². The van der Waals surface area contributed by atoms with Crippen molar-refractivity contribution in [3.05, 3.63) is 64.8 Å².